The van der Waals surface area contributed by atoms with Gasteiger partial charge in [0.1, 0.15) is 5.60 Å². The number of nitrogens with one attached hydrogen (secondary N) is 2. The fraction of sp³-hybridized carbons (Fsp3) is 0.929. The van der Waals surface area contributed by atoms with E-state index < -0.39 is 5.60 Å². The molecule has 0 aromatic rings. The maximum Gasteiger partial charge on any atom is 0.407 e. The number of hydrogen-bond acceptors (Lipinski definition) is 3. The average molecular weight is 256 g/mol. The van der Waals surface area contributed by atoms with Crippen molar-refractivity contribution in [2.45, 2.75) is 71.6 Å². The molecular weight excluding hydrogens is 228 g/mol. The lowest BCUT2D eigenvalue weighted by molar-refractivity contribution is 0.0507. The number of carbonyl (C=O) groups is 1. The highest BCUT2D eigenvalue weighted by molar-refractivity contribution is 5.68. The minimum absolute atomic E-state index is 0.0904. The Morgan fingerprint density at radius 2 is 2.06 bits per heavy atom. The molecule has 4 nitrogen and oxygen atoms in total. The van der Waals surface area contributed by atoms with Crippen LogP contribution >= 0.6 is 0 Å². The SMILES string of the molecule is CC(CNC1CCCC1C)NC(=O)OC(C)(C)C. The van der Waals surface area contributed by atoms with Gasteiger partial charge in [0.2, 0.25) is 0 Å². The molecule has 18 heavy (non-hydrogen) atoms. The van der Waals surface area contributed by atoms with E-state index in [0.29, 0.717) is 6.04 Å². The van der Waals surface area contributed by atoms with Gasteiger partial charge < -0.3 is 15.4 Å². The highest BCUT2D eigenvalue weighted by Gasteiger charge is 2.23. The van der Waals surface area contributed by atoms with Crippen LogP contribution in [0.25, 0.3) is 0 Å². The number of rotatable bonds is 4. The normalized spacial score (nSPS) is 25.8. The molecule has 0 bridgehead atoms. The molecule has 1 aliphatic carbocycles. The Bertz CT molecular complexity index is 273. The average Bonchev–Trinajstić information content (AvgIpc) is 2.57. The van der Waals surface area contributed by atoms with Gasteiger partial charge >= 0.3 is 6.09 Å². The van der Waals surface area contributed by atoms with E-state index in [1.165, 1.54) is 19.3 Å². The number of amides is 1. The molecule has 106 valence electrons. The zero-order valence-electron chi connectivity index (χ0n) is 12.4. The van der Waals surface area contributed by atoms with Crippen molar-refractivity contribution in [3.05, 3.63) is 0 Å². The fourth-order valence-electron chi connectivity index (χ4n) is 2.34. The van der Waals surface area contributed by atoms with E-state index in [0.717, 1.165) is 12.5 Å². The van der Waals surface area contributed by atoms with Crippen molar-refractivity contribution >= 4 is 6.09 Å². The summed E-state index contributed by atoms with van der Waals surface area (Å²) in [6.07, 6.45) is 3.54. The van der Waals surface area contributed by atoms with Crippen molar-refractivity contribution < 1.29 is 9.53 Å². The van der Waals surface area contributed by atoms with Gasteiger partial charge in [0.25, 0.3) is 0 Å². The van der Waals surface area contributed by atoms with Gasteiger partial charge in [0.05, 0.1) is 0 Å². The summed E-state index contributed by atoms with van der Waals surface area (Å²) in [6.45, 7) is 10.7. The van der Waals surface area contributed by atoms with Gasteiger partial charge in [0.15, 0.2) is 0 Å². The molecule has 0 spiro atoms. The Morgan fingerprint density at radius 1 is 1.39 bits per heavy atom. The van der Waals surface area contributed by atoms with Gasteiger partial charge in [0, 0.05) is 18.6 Å². The summed E-state index contributed by atoms with van der Waals surface area (Å²) in [5.41, 5.74) is -0.433. The standard InChI is InChI=1S/C14H28N2O2/c1-10-7-6-8-12(10)15-9-11(2)16-13(17)18-14(3,4)5/h10-12,15H,6-9H2,1-5H3,(H,16,17). The number of ether oxygens (including phenoxy) is 1. The van der Waals surface area contributed by atoms with Crippen molar-refractivity contribution in [1.29, 1.82) is 0 Å². The van der Waals surface area contributed by atoms with Gasteiger partial charge in [-0.05, 0) is 46.5 Å². The van der Waals surface area contributed by atoms with Crippen LogP contribution in [-0.2, 0) is 4.74 Å². The van der Waals surface area contributed by atoms with Crippen LogP contribution < -0.4 is 10.6 Å². The Labute approximate surface area is 111 Å². The molecule has 1 fully saturated rings. The monoisotopic (exact) mass is 256 g/mol. The smallest absolute Gasteiger partial charge is 0.407 e. The lowest BCUT2D eigenvalue weighted by atomic mass is 10.1. The maximum atomic E-state index is 11.6. The molecule has 0 radical (unpaired) electrons. The predicted octanol–water partition coefficient (Wildman–Crippen LogP) is 2.68. The van der Waals surface area contributed by atoms with Gasteiger partial charge in [-0.2, -0.15) is 0 Å². The summed E-state index contributed by atoms with van der Waals surface area (Å²) in [4.78, 5) is 11.6. The van der Waals surface area contributed by atoms with Crippen LogP contribution in [0.5, 0.6) is 0 Å². The summed E-state index contributed by atoms with van der Waals surface area (Å²) in [7, 11) is 0. The third-order valence-corrected chi connectivity index (χ3v) is 3.31. The molecule has 0 saturated heterocycles. The molecule has 1 aliphatic rings. The summed E-state index contributed by atoms with van der Waals surface area (Å²) >= 11 is 0. The minimum atomic E-state index is -0.433. The van der Waals surface area contributed by atoms with Crippen LogP contribution in [0.3, 0.4) is 0 Å². The summed E-state index contributed by atoms with van der Waals surface area (Å²) in [6, 6.07) is 0.695. The van der Waals surface area contributed by atoms with E-state index in [1.807, 2.05) is 27.7 Å². The van der Waals surface area contributed by atoms with Crippen molar-refractivity contribution in [3.63, 3.8) is 0 Å². The number of carbonyl (C=O) groups excluding carboxylic acids is 1. The summed E-state index contributed by atoms with van der Waals surface area (Å²) in [5.74, 6) is 0.749. The van der Waals surface area contributed by atoms with E-state index in [2.05, 4.69) is 17.6 Å². The summed E-state index contributed by atoms with van der Waals surface area (Å²) < 4.78 is 5.22. The van der Waals surface area contributed by atoms with Crippen molar-refractivity contribution in [1.82, 2.24) is 10.6 Å². The second-order valence-electron chi connectivity index (χ2n) is 6.47. The third-order valence-electron chi connectivity index (χ3n) is 3.31. The van der Waals surface area contributed by atoms with Crippen LogP contribution in [0.15, 0.2) is 0 Å². The maximum absolute atomic E-state index is 11.6. The molecule has 4 heteroatoms. The molecule has 3 unspecified atom stereocenters. The first-order valence-electron chi connectivity index (χ1n) is 7.01. The zero-order chi connectivity index (χ0) is 13.8. The van der Waals surface area contributed by atoms with Crippen LogP contribution in [0.4, 0.5) is 4.79 Å². The lowest BCUT2D eigenvalue weighted by Crippen LogP contribution is -2.45. The van der Waals surface area contributed by atoms with E-state index in [-0.39, 0.29) is 12.1 Å². The van der Waals surface area contributed by atoms with E-state index in [4.69, 9.17) is 4.74 Å². The minimum Gasteiger partial charge on any atom is -0.444 e. The third kappa shape index (κ3) is 5.71. The fourth-order valence-corrected chi connectivity index (χ4v) is 2.34. The van der Waals surface area contributed by atoms with Crippen molar-refractivity contribution in [3.8, 4) is 0 Å². The van der Waals surface area contributed by atoms with Crippen LogP contribution in [0.2, 0.25) is 0 Å². The van der Waals surface area contributed by atoms with Crippen molar-refractivity contribution in [2.75, 3.05) is 6.54 Å². The first-order chi connectivity index (χ1) is 8.28. The molecule has 1 saturated carbocycles. The topological polar surface area (TPSA) is 50.4 Å². The van der Waals surface area contributed by atoms with Crippen LogP contribution in [-0.4, -0.2) is 30.3 Å². The van der Waals surface area contributed by atoms with Gasteiger partial charge in [-0.15, -0.1) is 0 Å². The Kier molecular flexibility index (Phi) is 5.45. The predicted molar refractivity (Wildman–Crippen MR) is 73.6 cm³/mol. The second-order valence-corrected chi connectivity index (χ2v) is 6.47. The van der Waals surface area contributed by atoms with Gasteiger partial charge in [-0.25, -0.2) is 4.79 Å². The summed E-state index contributed by atoms with van der Waals surface area (Å²) in [5, 5.41) is 6.38. The molecule has 0 heterocycles. The van der Waals surface area contributed by atoms with Gasteiger partial charge in [-0.3, -0.25) is 0 Å². The lowest BCUT2D eigenvalue weighted by Gasteiger charge is -2.24. The molecule has 0 aromatic heterocycles. The van der Waals surface area contributed by atoms with Crippen LogP contribution in [0, 0.1) is 5.92 Å². The first kappa shape index (κ1) is 15.3. The van der Waals surface area contributed by atoms with Crippen LogP contribution in [0.1, 0.15) is 53.9 Å². The largest absolute Gasteiger partial charge is 0.444 e. The van der Waals surface area contributed by atoms with Gasteiger partial charge in [-0.1, -0.05) is 13.3 Å². The first-order valence-corrected chi connectivity index (χ1v) is 7.01. The number of hydrogen-bond donors (Lipinski definition) is 2. The Balaban J connectivity index is 2.21. The molecule has 1 amide bonds. The van der Waals surface area contributed by atoms with E-state index >= 15 is 0 Å². The van der Waals surface area contributed by atoms with E-state index in [9.17, 15) is 4.79 Å². The van der Waals surface area contributed by atoms with Crippen molar-refractivity contribution in [2.24, 2.45) is 5.92 Å². The quantitative estimate of drug-likeness (QED) is 0.813. The Hall–Kier alpha value is -0.770. The zero-order valence-corrected chi connectivity index (χ0v) is 12.4. The Morgan fingerprint density at radius 3 is 2.56 bits per heavy atom. The van der Waals surface area contributed by atoms with E-state index in [1.54, 1.807) is 0 Å². The molecule has 0 aliphatic heterocycles. The molecule has 1 rings (SSSR count). The molecule has 0 aromatic carbocycles. The molecule has 3 atom stereocenters. The number of alkyl carbamates (subject to hydrolysis) is 1. The highest BCUT2D eigenvalue weighted by atomic mass is 16.6. The molecule has 2 N–H and O–H groups in total. The second kappa shape index (κ2) is 6.41. The molecular formula is C14H28N2O2. The highest BCUT2D eigenvalue weighted by Crippen LogP contribution is 2.24.